The SMILES string of the molecule is CCN1C(=O)c2ccccc2N2C(=O)CCC12C(=O)Nc1cc(OC)c(OC)c(OC)c1. The Morgan fingerprint density at radius 1 is 1.06 bits per heavy atom. The number of hydrogen-bond donors (Lipinski definition) is 1. The van der Waals surface area contributed by atoms with Crippen molar-refractivity contribution < 1.29 is 28.6 Å². The van der Waals surface area contributed by atoms with Crippen LogP contribution in [0.25, 0.3) is 0 Å². The van der Waals surface area contributed by atoms with Crippen LogP contribution in [0.15, 0.2) is 36.4 Å². The summed E-state index contributed by atoms with van der Waals surface area (Å²) in [6.07, 6.45) is 0.344. The van der Waals surface area contributed by atoms with Crippen LogP contribution < -0.4 is 24.4 Å². The summed E-state index contributed by atoms with van der Waals surface area (Å²) in [7, 11) is 4.45. The second kappa shape index (κ2) is 8.07. The van der Waals surface area contributed by atoms with E-state index in [1.807, 2.05) is 0 Å². The number of para-hydroxylation sites is 1. The highest BCUT2D eigenvalue weighted by Crippen LogP contribution is 2.45. The van der Waals surface area contributed by atoms with Gasteiger partial charge in [-0.1, -0.05) is 12.1 Å². The molecular formula is C23H25N3O6. The average molecular weight is 439 g/mol. The Morgan fingerprint density at radius 2 is 1.72 bits per heavy atom. The predicted octanol–water partition coefficient (Wildman–Crippen LogP) is 2.65. The number of hydrogen-bond acceptors (Lipinski definition) is 6. The van der Waals surface area contributed by atoms with Crippen molar-refractivity contribution in [3.05, 3.63) is 42.0 Å². The normalized spacial score (nSPS) is 19.4. The van der Waals surface area contributed by atoms with Gasteiger partial charge >= 0.3 is 0 Å². The fraction of sp³-hybridized carbons (Fsp3) is 0.348. The molecule has 0 spiro atoms. The highest BCUT2D eigenvalue weighted by molar-refractivity contribution is 6.18. The zero-order valence-electron chi connectivity index (χ0n) is 18.4. The first-order valence-corrected chi connectivity index (χ1v) is 10.3. The Bertz CT molecular complexity index is 1080. The summed E-state index contributed by atoms with van der Waals surface area (Å²) in [4.78, 5) is 42.9. The van der Waals surface area contributed by atoms with E-state index in [0.717, 1.165) is 0 Å². The molecule has 3 amide bonds. The highest BCUT2D eigenvalue weighted by atomic mass is 16.5. The van der Waals surface area contributed by atoms with E-state index in [4.69, 9.17) is 14.2 Å². The number of benzene rings is 2. The molecule has 32 heavy (non-hydrogen) atoms. The van der Waals surface area contributed by atoms with E-state index in [1.54, 1.807) is 43.3 Å². The molecule has 0 radical (unpaired) electrons. The third kappa shape index (κ3) is 2.96. The number of nitrogens with one attached hydrogen (secondary N) is 1. The number of fused-ring (bicyclic) bond motifs is 3. The smallest absolute Gasteiger partial charge is 0.271 e. The minimum atomic E-state index is -1.46. The van der Waals surface area contributed by atoms with Gasteiger partial charge in [-0.2, -0.15) is 0 Å². The van der Waals surface area contributed by atoms with Crippen molar-refractivity contribution in [3.8, 4) is 17.2 Å². The Labute approximate surface area is 185 Å². The first-order valence-electron chi connectivity index (χ1n) is 10.3. The van der Waals surface area contributed by atoms with Gasteiger partial charge in [-0.3, -0.25) is 19.3 Å². The third-order valence-corrected chi connectivity index (χ3v) is 5.98. The maximum absolute atomic E-state index is 13.8. The molecule has 1 atom stereocenters. The minimum absolute atomic E-state index is 0.154. The average Bonchev–Trinajstić information content (AvgIpc) is 3.16. The molecule has 0 aromatic heterocycles. The summed E-state index contributed by atoms with van der Waals surface area (Å²) in [5.74, 6) is 0.161. The lowest BCUT2D eigenvalue weighted by molar-refractivity contribution is -0.128. The number of carbonyl (C=O) groups is 3. The predicted molar refractivity (Wildman–Crippen MR) is 117 cm³/mol. The number of rotatable bonds is 6. The van der Waals surface area contributed by atoms with Crippen molar-refractivity contribution in [1.29, 1.82) is 0 Å². The van der Waals surface area contributed by atoms with E-state index >= 15 is 0 Å². The van der Waals surface area contributed by atoms with Crippen molar-refractivity contribution in [1.82, 2.24) is 4.90 Å². The van der Waals surface area contributed by atoms with Crippen LogP contribution in [0.4, 0.5) is 11.4 Å². The number of nitrogens with zero attached hydrogens (tertiary/aromatic N) is 2. The van der Waals surface area contributed by atoms with Crippen LogP contribution in [-0.4, -0.2) is 56.2 Å². The van der Waals surface area contributed by atoms with Gasteiger partial charge in [0.25, 0.3) is 11.8 Å². The van der Waals surface area contributed by atoms with E-state index in [2.05, 4.69) is 5.32 Å². The molecule has 4 rings (SSSR count). The fourth-order valence-electron chi connectivity index (χ4n) is 4.59. The van der Waals surface area contributed by atoms with Crippen LogP contribution in [0.5, 0.6) is 17.2 Å². The summed E-state index contributed by atoms with van der Waals surface area (Å²) in [5, 5.41) is 2.87. The molecular weight excluding hydrogens is 414 g/mol. The third-order valence-electron chi connectivity index (χ3n) is 5.98. The molecule has 1 saturated heterocycles. The second-order valence-electron chi connectivity index (χ2n) is 7.48. The van der Waals surface area contributed by atoms with Gasteiger partial charge in [-0.25, -0.2) is 0 Å². The number of methoxy groups -OCH3 is 3. The molecule has 2 heterocycles. The Hall–Kier alpha value is -3.75. The van der Waals surface area contributed by atoms with E-state index in [0.29, 0.717) is 34.2 Å². The Kier molecular flexibility index (Phi) is 5.41. The number of carbonyl (C=O) groups excluding carboxylic acids is 3. The van der Waals surface area contributed by atoms with Crippen molar-refractivity contribution in [2.24, 2.45) is 0 Å². The summed E-state index contributed by atoms with van der Waals surface area (Å²) in [5.41, 5.74) is -0.219. The minimum Gasteiger partial charge on any atom is -0.493 e. The number of amides is 3. The molecule has 2 aromatic carbocycles. The lowest BCUT2D eigenvalue weighted by Crippen LogP contribution is -2.69. The van der Waals surface area contributed by atoms with Crippen LogP contribution in [0.3, 0.4) is 0 Å². The first-order chi connectivity index (χ1) is 15.4. The molecule has 1 unspecified atom stereocenters. The van der Waals surface area contributed by atoms with Crippen LogP contribution in [0.1, 0.15) is 30.1 Å². The van der Waals surface area contributed by atoms with Crippen molar-refractivity contribution >= 4 is 29.1 Å². The van der Waals surface area contributed by atoms with E-state index in [1.165, 1.54) is 31.1 Å². The summed E-state index contributed by atoms with van der Waals surface area (Å²) >= 11 is 0. The van der Waals surface area contributed by atoms with Gasteiger partial charge in [0.2, 0.25) is 17.3 Å². The highest BCUT2D eigenvalue weighted by Gasteiger charge is 2.60. The first kappa shape index (κ1) is 21.5. The van der Waals surface area contributed by atoms with Gasteiger partial charge in [0.1, 0.15) is 0 Å². The quantitative estimate of drug-likeness (QED) is 0.743. The maximum atomic E-state index is 13.8. The zero-order chi connectivity index (χ0) is 23.0. The van der Waals surface area contributed by atoms with Crippen molar-refractivity contribution in [3.63, 3.8) is 0 Å². The van der Waals surface area contributed by atoms with Gasteiger partial charge in [0.05, 0.1) is 32.6 Å². The molecule has 9 heteroatoms. The topological polar surface area (TPSA) is 97.4 Å². The van der Waals surface area contributed by atoms with E-state index in [-0.39, 0.29) is 31.2 Å². The lowest BCUT2D eigenvalue weighted by Gasteiger charge is -2.48. The van der Waals surface area contributed by atoms with E-state index < -0.39 is 11.6 Å². The molecule has 2 aromatic rings. The Morgan fingerprint density at radius 3 is 2.31 bits per heavy atom. The van der Waals surface area contributed by atoms with Gasteiger partial charge in [0.15, 0.2) is 11.5 Å². The van der Waals surface area contributed by atoms with Crippen LogP contribution >= 0.6 is 0 Å². The second-order valence-corrected chi connectivity index (χ2v) is 7.48. The number of likely N-dealkylation sites (N-methyl/N-ethyl adjacent to an activating group) is 1. The molecule has 0 aliphatic carbocycles. The van der Waals surface area contributed by atoms with Crippen molar-refractivity contribution in [2.75, 3.05) is 38.1 Å². The van der Waals surface area contributed by atoms with Gasteiger partial charge in [-0.05, 0) is 19.1 Å². The van der Waals surface area contributed by atoms with Crippen LogP contribution in [0, 0.1) is 0 Å². The molecule has 1 N–H and O–H groups in total. The van der Waals surface area contributed by atoms with Gasteiger partial charge in [-0.15, -0.1) is 0 Å². The zero-order valence-corrected chi connectivity index (χ0v) is 18.4. The number of anilines is 2. The molecule has 168 valence electrons. The maximum Gasteiger partial charge on any atom is 0.271 e. The van der Waals surface area contributed by atoms with Crippen molar-refractivity contribution in [2.45, 2.75) is 25.4 Å². The van der Waals surface area contributed by atoms with Gasteiger partial charge in [0, 0.05) is 37.2 Å². The van der Waals surface area contributed by atoms with Crippen LogP contribution in [0.2, 0.25) is 0 Å². The molecule has 1 fully saturated rings. The molecule has 0 bridgehead atoms. The molecule has 0 saturated carbocycles. The molecule has 2 aliphatic rings. The lowest BCUT2D eigenvalue weighted by atomic mass is 9.95. The summed E-state index contributed by atoms with van der Waals surface area (Å²) in [6.45, 7) is 2.06. The standard InChI is InChI=1S/C23H25N3O6/c1-5-25-21(28)15-8-6-7-9-16(15)26-19(27)10-11-23(25,26)22(29)24-14-12-17(30-2)20(32-4)18(13-14)31-3/h6-9,12-13H,5,10-11H2,1-4H3,(H,24,29). The summed E-state index contributed by atoms with van der Waals surface area (Å²) in [6, 6.07) is 10.1. The van der Waals surface area contributed by atoms with Gasteiger partial charge < -0.3 is 24.4 Å². The summed E-state index contributed by atoms with van der Waals surface area (Å²) < 4.78 is 16.1. The fourth-order valence-corrected chi connectivity index (χ4v) is 4.59. The Balaban J connectivity index is 1.80. The number of ether oxygens (including phenoxy) is 3. The monoisotopic (exact) mass is 439 g/mol. The van der Waals surface area contributed by atoms with Crippen LogP contribution in [-0.2, 0) is 9.59 Å². The molecule has 9 nitrogen and oxygen atoms in total. The largest absolute Gasteiger partial charge is 0.493 e. The molecule has 2 aliphatic heterocycles. The van der Waals surface area contributed by atoms with E-state index in [9.17, 15) is 14.4 Å².